The number of para-hydroxylation sites is 1. The molecule has 9 heteroatoms. The minimum atomic E-state index is -0.765. The van der Waals surface area contributed by atoms with Crippen LogP contribution in [0.25, 0.3) is 17.0 Å². The number of nitrogens with zero attached hydrogens (tertiary/aromatic N) is 3. The van der Waals surface area contributed by atoms with Crippen molar-refractivity contribution in [1.29, 1.82) is 0 Å². The molecule has 5 rings (SSSR count). The number of halogens is 1. The summed E-state index contributed by atoms with van der Waals surface area (Å²) in [4.78, 5) is 32.7. The lowest BCUT2D eigenvalue weighted by molar-refractivity contribution is -0.143. The fraction of sp³-hybridized carbons (Fsp3) is 0.300. The van der Waals surface area contributed by atoms with Gasteiger partial charge in [0.15, 0.2) is 4.80 Å². The fourth-order valence-electron chi connectivity index (χ4n) is 4.99. The van der Waals surface area contributed by atoms with Crippen molar-refractivity contribution in [3.8, 4) is 5.75 Å². The Morgan fingerprint density at radius 1 is 1.15 bits per heavy atom. The van der Waals surface area contributed by atoms with Gasteiger partial charge in [-0.25, -0.2) is 9.79 Å². The number of carbonyl (C=O) groups is 1. The second-order valence-electron chi connectivity index (χ2n) is 10.0. The van der Waals surface area contributed by atoms with Crippen molar-refractivity contribution in [2.24, 2.45) is 4.99 Å². The van der Waals surface area contributed by atoms with Gasteiger partial charge in [0.05, 0.1) is 29.0 Å². The van der Waals surface area contributed by atoms with Crippen LogP contribution in [0.15, 0.2) is 74.2 Å². The highest BCUT2D eigenvalue weighted by Crippen LogP contribution is 2.37. The third-order valence-corrected chi connectivity index (χ3v) is 8.16. The third-order valence-electron chi connectivity index (χ3n) is 6.69. The molecule has 1 aliphatic rings. The molecule has 0 fully saturated rings. The van der Waals surface area contributed by atoms with Crippen LogP contribution in [0.2, 0.25) is 0 Å². The molecule has 0 unspecified atom stereocenters. The van der Waals surface area contributed by atoms with Crippen LogP contribution in [0.1, 0.15) is 57.8 Å². The van der Waals surface area contributed by atoms with Gasteiger partial charge in [0.1, 0.15) is 11.8 Å². The maximum atomic E-state index is 14.1. The minimum absolute atomic E-state index is 0.227. The van der Waals surface area contributed by atoms with Crippen LogP contribution < -0.4 is 19.6 Å². The van der Waals surface area contributed by atoms with E-state index in [1.807, 2.05) is 36.4 Å². The molecule has 39 heavy (non-hydrogen) atoms. The summed E-state index contributed by atoms with van der Waals surface area (Å²) >= 11 is 4.86. The van der Waals surface area contributed by atoms with Gasteiger partial charge < -0.3 is 14.0 Å². The van der Waals surface area contributed by atoms with E-state index in [4.69, 9.17) is 14.5 Å². The van der Waals surface area contributed by atoms with Crippen molar-refractivity contribution in [1.82, 2.24) is 9.13 Å². The predicted molar refractivity (Wildman–Crippen MR) is 158 cm³/mol. The Morgan fingerprint density at radius 2 is 1.90 bits per heavy atom. The molecule has 202 valence electrons. The highest BCUT2D eigenvalue weighted by molar-refractivity contribution is 9.10. The van der Waals surface area contributed by atoms with Crippen LogP contribution in [0, 0.1) is 0 Å². The number of hydrogen-bond donors (Lipinski definition) is 0. The molecular weight excluding hydrogens is 578 g/mol. The average Bonchev–Trinajstić information content (AvgIpc) is 3.40. The molecular formula is C30H30BrN3O4S. The maximum Gasteiger partial charge on any atom is 0.338 e. The lowest BCUT2D eigenvalue weighted by Gasteiger charge is -2.26. The molecule has 1 aliphatic heterocycles. The second kappa shape index (κ2) is 10.6. The number of carbonyl (C=O) groups excluding carboxylic acids is 1. The molecule has 0 bridgehead atoms. The summed E-state index contributed by atoms with van der Waals surface area (Å²) in [7, 11) is 1.57. The van der Waals surface area contributed by atoms with Crippen molar-refractivity contribution in [2.45, 2.75) is 52.8 Å². The molecule has 0 amide bonds. The number of aromatic nitrogens is 2. The van der Waals surface area contributed by atoms with Gasteiger partial charge in [0.2, 0.25) is 0 Å². The Balaban J connectivity index is 1.78. The SMILES string of the molecule is COc1ccc(Br)cc1[C@@H]1C(C(=O)OC(C)C)=C(C)N=c2s/c(=C\c3cn(C(C)C)c4ccccc34)c(=O)n21. The van der Waals surface area contributed by atoms with E-state index < -0.39 is 12.0 Å². The number of ether oxygens (including phenoxy) is 2. The largest absolute Gasteiger partial charge is 0.496 e. The number of allylic oxidation sites excluding steroid dienone is 1. The van der Waals surface area contributed by atoms with Gasteiger partial charge in [-0.2, -0.15) is 0 Å². The van der Waals surface area contributed by atoms with E-state index in [1.165, 1.54) is 11.3 Å². The zero-order valence-corrected chi connectivity index (χ0v) is 25.1. The van der Waals surface area contributed by atoms with E-state index in [0.29, 0.717) is 31.9 Å². The molecule has 0 radical (unpaired) electrons. The molecule has 2 aromatic heterocycles. The van der Waals surface area contributed by atoms with Crippen molar-refractivity contribution in [3.05, 3.63) is 95.2 Å². The van der Waals surface area contributed by atoms with Crippen molar-refractivity contribution in [3.63, 3.8) is 0 Å². The first-order chi connectivity index (χ1) is 18.6. The molecule has 0 aliphatic carbocycles. The van der Waals surface area contributed by atoms with Gasteiger partial charge in [0.25, 0.3) is 5.56 Å². The van der Waals surface area contributed by atoms with Crippen LogP contribution in [-0.2, 0) is 9.53 Å². The number of thiazole rings is 1. The lowest BCUT2D eigenvalue weighted by atomic mass is 9.95. The quantitative estimate of drug-likeness (QED) is 0.272. The smallest absolute Gasteiger partial charge is 0.338 e. The summed E-state index contributed by atoms with van der Waals surface area (Å²) in [5.41, 5.74) is 3.33. The Kier molecular flexibility index (Phi) is 7.39. The Hall–Kier alpha value is -3.43. The van der Waals surface area contributed by atoms with Gasteiger partial charge in [0, 0.05) is 38.7 Å². The van der Waals surface area contributed by atoms with E-state index in [0.717, 1.165) is 20.9 Å². The summed E-state index contributed by atoms with van der Waals surface area (Å²) in [6.45, 7) is 9.64. The molecule has 0 saturated heterocycles. The van der Waals surface area contributed by atoms with E-state index in [2.05, 4.69) is 52.7 Å². The summed E-state index contributed by atoms with van der Waals surface area (Å²) in [5.74, 6) is 0.0508. The second-order valence-corrected chi connectivity index (χ2v) is 11.9. The number of benzene rings is 2. The zero-order chi connectivity index (χ0) is 28.0. The van der Waals surface area contributed by atoms with Gasteiger partial charge in [-0.05, 0) is 65.0 Å². The number of esters is 1. The lowest BCUT2D eigenvalue weighted by Crippen LogP contribution is -2.40. The van der Waals surface area contributed by atoms with E-state index >= 15 is 0 Å². The van der Waals surface area contributed by atoms with Gasteiger partial charge in [-0.3, -0.25) is 9.36 Å². The number of methoxy groups -OCH3 is 1. The van der Waals surface area contributed by atoms with Crippen LogP contribution in [-0.4, -0.2) is 28.3 Å². The van der Waals surface area contributed by atoms with E-state index in [1.54, 1.807) is 32.4 Å². The van der Waals surface area contributed by atoms with Crippen LogP contribution in [0.4, 0.5) is 0 Å². The standard InChI is InChI=1S/C30H30BrN3O4S/c1-16(2)33-15-19(21-9-7-8-10-23(21)33)13-25-28(35)34-27(22-14-20(31)11-12-24(22)37-6)26(29(36)38-17(3)4)18(5)32-30(34)39-25/h7-17,27H,1-6H3/b25-13-/t27-/m1/s1. The zero-order valence-electron chi connectivity index (χ0n) is 22.7. The molecule has 3 heterocycles. The topological polar surface area (TPSA) is 74.8 Å². The van der Waals surface area contributed by atoms with Crippen molar-refractivity contribution in [2.75, 3.05) is 7.11 Å². The molecule has 1 atom stereocenters. The van der Waals surface area contributed by atoms with Crippen molar-refractivity contribution < 1.29 is 14.3 Å². The molecule has 4 aromatic rings. The van der Waals surface area contributed by atoms with Crippen LogP contribution in [0.5, 0.6) is 5.75 Å². The molecule has 7 nitrogen and oxygen atoms in total. The number of rotatable bonds is 6. The number of hydrogen-bond acceptors (Lipinski definition) is 6. The van der Waals surface area contributed by atoms with Gasteiger partial charge >= 0.3 is 5.97 Å². The average molecular weight is 609 g/mol. The van der Waals surface area contributed by atoms with E-state index in [9.17, 15) is 9.59 Å². The first-order valence-corrected chi connectivity index (χ1v) is 14.4. The van der Waals surface area contributed by atoms with Crippen LogP contribution >= 0.6 is 27.3 Å². The highest BCUT2D eigenvalue weighted by Gasteiger charge is 2.35. The maximum absolute atomic E-state index is 14.1. The predicted octanol–water partition coefficient (Wildman–Crippen LogP) is 5.49. The Morgan fingerprint density at radius 3 is 2.59 bits per heavy atom. The summed E-state index contributed by atoms with van der Waals surface area (Å²) < 4.78 is 16.4. The molecule has 0 N–H and O–H groups in total. The first-order valence-electron chi connectivity index (χ1n) is 12.8. The van der Waals surface area contributed by atoms with E-state index in [-0.39, 0.29) is 17.7 Å². The third kappa shape index (κ3) is 4.89. The first kappa shape index (κ1) is 27.1. The molecule has 0 spiro atoms. The fourth-order valence-corrected chi connectivity index (χ4v) is 6.40. The van der Waals surface area contributed by atoms with Crippen molar-refractivity contribution >= 4 is 50.2 Å². The van der Waals surface area contributed by atoms with Crippen LogP contribution in [0.3, 0.4) is 0 Å². The van der Waals surface area contributed by atoms with Gasteiger partial charge in [-0.15, -0.1) is 0 Å². The molecule has 0 saturated carbocycles. The minimum Gasteiger partial charge on any atom is -0.496 e. The number of fused-ring (bicyclic) bond motifs is 2. The monoisotopic (exact) mass is 607 g/mol. The highest BCUT2D eigenvalue weighted by atomic mass is 79.9. The summed E-state index contributed by atoms with van der Waals surface area (Å²) in [5, 5.41) is 1.07. The summed E-state index contributed by atoms with van der Waals surface area (Å²) in [6, 6.07) is 13.2. The van der Waals surface area contributed by atoms with Gasteiger partial charge in [-0.1, -0.05) is 45.5 Å². The Labute approximate surface area is 238 Å². The Bertz CT molecular complexity index is 1810. The molecule has 2 aromatic carbocycles. The normalized spacial score (nSPS) is 15.7. The summed E-state index contributed by atoms with van der Waals surface area (Å²) in [6.07, 6.45) is 3.68.